The van der Waals surface area contributed by atoms with E-state index >= 15 is 0 Å². The first-order valence-electron chi connectivity index (χ1n) is 7.50. The summed E-state index contributed by atoms with van der Waals surface area (Å²) in [6.45, 7) is 10.1. The fourth-order valence-electron chi connectivity index (χ4n) is 2.63. The average molecular weight is 291 g/mol. The van der Waals surface area contributed by atoms with Gasteiger partial charge in [0.1, 0.15) is 0 Å². The SMILES string of the molecule is CN=C(NCCc1c(C)cc(C)cc1C)NC(C)COC. The number of nitrogens with zero attached hydrogens (tertiary/aromatic N) is 1. The lowest BCUT2D eigenvalue weighted by Crippen LogP contribution is -2.44. The van der Waals surface area contributed by atoms with Crippen LogP contribution in [0.25, 0.3) is 0 Å². The molecule has 1 aromatic rings. The zero-order valence-corrected chi connectivity index (χ0v) is 14.2. The molecule has 0 aromatic heterocycles. The van der Waals surface area contributed by atoms with Crippen molar-refractivity contribution in [3.63, 3.8) is 0 Å². The van der Waals surface area contributed by atoms with Gasteiger partial charge in [0.05, 0.1) is 6.61 Å². The summed E-state index contributed by atoms with van der Waals surface area (Å²) in [6, 6.07) is 4.73. The lowest BCUT2D eigenvalue weighted by Gasteiger charge is -2.18. The largest absolute Gasteiger partial charge is 0.383 e. The fraction of sp³-hybridized carbons (Fsp3) is 0.588. The van der Waals surface area contributed by atoms with Crippen LogP contribution < -0.4 is 10.6 Å². The summed E-state index contributed by atoms with van der Waals surface area (Å²) in [6.07, 6.45) is 0.997. The Morgan fingerprint density at radius 2 is 1.86 bits per heavy atom. The van der Waals surface area contributed by atoms with Crippen molar-refractivity contribution in [1.29, 1.82) is 0 Å². The molecule has 1 aromatic carbocycles. The first kappa shape index (κ1) is 17.5. The molecule has 0 spiro atoms. The van der Waals surface area contributed by atoms with E-state index in [0.29, 0.717) is 6.61 Å². The first-order valence-corrected chi connectivity index (χ1v) is 7.50. The minimum Gasteiger partial charge on any atom is -0.383 e. The maximum absolute atomic E-state index is 5.12. The van der Waals surface area contributed by atoms with Gasteiger partial charge in [-0.25, -0.2) is 0 Å². The van der Waals surface area contributed by atoms with Gasteiger partial charge >= 0.3 is 0 Å². The van der Waals surface area contributed by atoms with Gasteiger partial charge in [-0.2, -0.15) is 0 Å². The Bertz CT molecular complexity index is 460. The number of hydrogen-bond acceptors (Lipinski definition) is 2. The molecular weight excluding hydrogens is 262 g/mol. The minimum atomic E-state index is 0.240. The summed E-state index contributed by atoms with van der Waals surface area (Å²) >= 11 is 0. The van der Waals surface area contributed by atoms with Gasteiger partial charge in [0.2, 0.25) is 0 Å². The normalized spacial score (nSPS) is 13.1. The molecule has 4 nitrogen and oxygen atoms in total. The predicted molar refractivity (Wildman–Crippen MR) is 90.2 cm³/mol. The molecule has 0 aliphatic heterocycles. The van der Waals surface area contributed by atoms with Gasteiger partial charge in [-0.3, -0.25) is 4.99 Å². The van der Waals surface area contributed by atoms with Crippen LogP contribution in [0.4, 0.5) is 0 Å². The second kappa shape index (κ2) is 8.67. The molecule has 1 atom stereocenters. The lowest BCUT2D eigenvalue weighted by molar-refractivity contribution is 0.179. The van der Waals surface area contributed by atoms with Gasteiger partial charge in [-0.15, -0.1) is 0 Å². The summed E-state index contributed by atoms with van der Waals surface area (Å²) in [5, 5.41) is 6.67. The molecule has 0 bridgehead atoms. The van der Waals surface area contributed by atoms with Gasteiger partial charge in [-0.1, -0.05) is 17.7 Å². The van der Waals surface area contributed by atoms with Crippen LogP contribution in [0.5, 0.6) is 0 Å². The van der Waals surface area contributed by atoms with Gasteiger partial charge < -0.3 is 15.4 Å². The summed E-state index contributed by atoms with van der Waals surface area (Å²) in [7, 11) is 3.49. The van der Waals surface area contributed by atoms with Crippen molar-refractivity contribution >= 4 is 5.96 Å². The number of methoxy groups -OCH3 is 1. The van der Waals surface area contributed by atoms with Crippen molar-refractivity contribution < 1.29 is 4.74 Å². The number of rotatable bonds is 6. The van der Waals surface area contributed by atoms with Crippen LogP contribution in [0.2, 0.25) is 0 Å². The number of benzene rings is 1. The molecular formula is C17H29N3O. The quantitative estimate of drug-likeness (QED) is 0.625. The molecule has 21 heavy (non-hydrogen) atoms. The molecule has 1 rings (SSSR count). The van der Waals surface area contributed by atoms with E-state index < -0.39 is 0 Å². The third-order valence-electron chi connectivity index (χ3n) is 3.53. The molecule has 0 saturated heterocycles. The van der Waals surface area contributed by atoms with Crippen LogP contribution in [0.1, 0.15) is 29.2 Å². The van der Waals surface area contributed by atoms with E-state index in [1.165, 1.54) is 22.3 Å². The van der Waals surface area contributed by atoms with Gasteiger partial charge in [-0.05, 0) is 50.8 Å². The number of nitrogens with one attached hydrogen (secondary N) is 2. The monoisotopic (exact) mass is 291 g/mol. The third-order valence-corrected chi connectivity index (χ3v) is 3.53. The van der Waals surface area contributed by atoms with Crippen LogP contribution in [-0.2, 0) is 11.2 Å². The Labute approximate surface area is 129 Å². The Balaban J connectivity index is 2.52. The maximum Gasteiger partial charge on any atom is 0.191 e. The topological polar surface area (TPSA) is 45.7 Å². The van der Waals surface area contributed by atoms with E-state index in [9.17, 15) is 0 Å². The molecule has 118 valence electrons. The highest BCUT2D eigenvalue weighted by molar-refractivity contribution is 5.79. The van der Waals surface area contributed by atoms with Crippen molar-refractivity contribution in [2.24, 2.45) is 4.99 Å². The second-order valence-electron chi connectivity index (χ2n) is 5.63. The van der Waals surface area contributed by atoms with Gasteiger partial charge in [0.15, 0.2) is 5.96 Å². The van der Waals surface area contributed by atoms with E-state index in [1.807, 2.05) is 0 Å². The minimum absolute atomic E-state index is 0.240. The van der Waals surface area contributed by atoms with Crippen LogP contribution >= 0.6 is 0 Å². The fourth-order valence-corrected chi connectivity index (χ4v) is 2.63. The summed E-state index contributed by atoms with van der Waals surface area (Å²) in [5.41, 5.74) is 5.48. The predicted octanol–water partition coefficient (Wildman–Crippen LogP) is 2.35. The van der Waals surface area contributed by atoms with Crippen LogP contribution in [0, 0.1) is 20.8 Å². The highest BCUT2D eigenvalue weighted by Crippen LogP contribution is 2.16. The molecule has 0 fully saturated rings. The zero-order chi connectivity index (χ0) is 15.8. The third kappa shape index (κ3) is 5.76. The number of hydrogen-bond donors (Lipinski definition) is 2. The molecule has 0 amide bonds. The summed E-state index contributed by atoms with van der Waals surface area (Å²) in [4.78, 5) is 4.24. The summed E-state index contributed by atoms with van der Waals surface area (Å²) < 4.78 is 5.12. The highest BCUT2D eigenvalue weighted by Gasteiger charge is 2.06. The molecule has 0 heterocycles. The maximum atomic E-state index is 5.12. The van der Waals surface area contributed by atoms with Gasteiger partial charge in [0, 0.05) is 26.7 Å². The number of guanidine groups is 1. The Morgan fingerprint density at radius 3 is 2.38 bits per heavy atom. The van der Waals surface area contributed by atoms with Crippen LogP contribution in [0.3, 0.4) is 0 Å². The molecule has 4 heteroatoms. The van der Waals surface area contributed by atoms with Crippen molar-refractivity contribution in [1.82, 2.24) is 10.6 Å². The standard InChI is InChI=1S/C17H29N3O/c1-12-9-13(2)16(14(3)10-12)7-8-19-17(18-5)20-15(4)11-21-6/h9-10,15H,7-8,11H2,1-6H3,(H2,18,19,20). The first-order chi connectivity index (χ1) is 9.97. The van der Waals surface area contributed by atoms with E-state index in [4.69, 9.17) is 4.74 Å². The van der Waals surface area contributed by atoms with E-state index in [0.717, 1.165) is 18.9 Å². The van der Waals surface area contributed by atoms with E-state index in [1.54, 1.807) is 14.2 Å². The van der Waals surface area contributed by atoms with Crippen molar-refractivity contribution in [3.05, 3.63) is 34.4 Å². The van der Waals surface area contributed by atoms with Gasteiger partial charge in [0.25, 0.3) is 0 Å². The number of aliphatic imine (C=N–C) groups is 1. The highest BCUT2D eigenvalue weighted by atomic mass is 16.5. The zero-order valence-electron chi connectivity index (χ0n) is 14.2. The molecule has 1 unspecified atom stereocenters. The summed E-state index contributed by atoms with van der Waals surface area (Å²) in [5.74, 6) is 0.821. The van der Waals surface area contributed by atoms with E-state index in [-0.39, 0.29) is 6.04 Å². The molecule has 0 aliphatic rings. The second-order valence-corrected chi connectivity index (χ2v) is 5.63. The molecule has 0 radical (unpaired) electrons. The molecule has 2 N–H and O–H groups in total. The Kier molecular flexibility index (Phi) is 7.23. The van der Waals surface area contributed by atoms with E-state index in [2.05, 4.69) is 55.5 Å². The van der Waals surface area contributed by atoms with Crippen LogP contribution in [0.15, 0.2) is 17.1 Å². The average Bonchev–Trinajstić information content (AvgIpc) is 2.40. The Morgan fingerprint density at radius 1 is 1.24 bits per heavy atom. The number of aryl methyl sites for hydroxylation is 3. The molecule has 0 saturated carbocycles. The molecule has 0 aliphatic carbocycles. The van der Waals surface area contributed by atoms with Crippen LogP contribution in [-0.4, -0.2) is 39.3 Å². The van der Waals surface area contributed by atoms with Crippen molar-refractivity contribution in [3.8, 4) is 0 Å². The van der Waals surface area contributed by atoms with Crippen molar-refractivity contribution in [2.75, 3.05) is 27.3 Å². The number of ether oxygens (including phenoxy) is 1. The van der Waals surface area contributed by atoms with Crippen molar-refractivity contribution in [2.45, 2.75) is 40.2 Å². The smallest absolute Gasteiger partial charge is 0.191 e. The lowest BCUT2D eigenvalue weighted by atomic mass is 9.97. The Hall–Kier alpha value is -1.55.